The number of thiazole rings is 1. The third-order valence-electron chi connectivity index (χ3n) is 2.26. The minimum atomic E-state index is 0.0116. The molecule has 0 saturated carbocycles. The highest BCUT2D eigenvalue weighted by molar-refractivity contribution is 7.09. The molecule has 3 nitrogen and oxygen atoms in total. The van der Waals surface area contributed by atoms with Crippen LogP contribution < -0.4 is 0 Å². The lowest BCUT2D eigenvalue weighted by Crippen LogP contribution is -2.29. The van der Waals surface area contributed by atoms with E-state index in [0.29, 0.717) is 12.2 Å². The molecule has 1 unspecified atom stereocenters. The molecule has 1 fully saturated rings. The molecule has 2 heterocycles. The van der Waals surface area contributed by atoms with E-state index >= 15 is 0 Å². The van der Waals surface area contributed by atoms with Crippen molar-refractivity contribution in [2.24, 2.45) is 0 Å². The summed E-state index contributed by atoms with van der Waals surface area (Å²) in [5, 5.41) is 2.84. The molecule has 14 heavy (non-hydrogen) atoms. The van der Waals surface area contributed by atoms with E-state index in [1.54, 1.807) is 10.3 Å². The molecule has 0 bridgehead atoms. The predicted molar refractivity (Wildman–Crippen MR) is 57.0 cm³/mol. The Bertz CT molecular complexity index is 352. The number of halogens is 1. The summed E-state index contributed by atoms with van der Waals surface area (Å²) in [5.41, 5.74) is 0.554. The summed E-state index contributed by atoms with van der Waals surface area (Å²) in [7, 11) is 0. The van der Waals surface area contributed by atoms with Gasteiger partial charge < -0.3 is 4.90 Å². The number of carbonyl (C=O) groups is 1. The number of aryl methyl sites for hydroxylation is 1. The number of alkyl halides is 1. The Morgan fingerprint density at radius 1 is 1.79 bits per heavy atom. The monoisotopic (exact) mass is 230 g/mol. The van der Waals surface area contributed by atoms with Gasteiger partial charge in [-0.15, -0.1) is 22.9 Å². The van der Waals surface area contributed by atoms with Gasteiger partial charge >= 0.3 is 0 Å². The number of aromatic nitrogens is 1. The van der Waals surface area contributed by atoms with Gasteiger partial charge in [0.15, 0.2) is 0 Å². The van der Waals surface area contributed by atoms with Crippen LogP contribution in [-0.4, -0.2) is 34.3 Å². The summed E-state index contributed by atoms with van der Waals surface area (Å²) >= 11 is 7.43. The predicted octanol–water partition coefficient (Wildman–Crippen LogP) is 1.90. The zero-order chi connectivity index (χ0) is 10.1. The molecule has 76 valence electrons. The molecule has 1 amide bonds. The zero-order valence-electron chi connectivity index (χ0n) is 7.86. The van der Waals surface area contributed by atoms with Crippen LogP contribution in [0.25, 0.3) is 0 Å². The second-order valence-electron chi connectivity index (χ2n) is 3.39. The van der Waals surface area contributed by atoms with Gasteiger partial charge in [-0.3, -0.25) is 4.79 Å². The van der Waals surface area contributed by atoms with Crippen molar-refractivity contribution in [1.29, 1.82) is 0 Å². The number of hydrogen-bond donors (Lipinski definition) is 0. The van der Waals surface area contributed by atoms with Gasteiger partial charge in [0.05, 0.1) is 10.4 Å². The molecule has 0 spiro atoms. The molecule has 1 aliphatic rings. The van der Waals surface area contributed by atoms with Crippen LogP contribution in [0.4, 0.5) is 0 Å². The van der Waals surface area contributed by atoms with Crippen LogP contribution >= 0.6 is 22.9 Å². The molecule has 2 rings (SSSR count). The van der Waals surface area contributed by atoms with Crippen molar-refractivity contribution in [2.75, 3.05) is 13.1 Å². The molecule has 0 aliphatic carbocycles. The lowest BCUT2D eigenvalue weighted by Gasteiger charge is -2.13. The van der Waals surface area contributed by atoms with E-state index in [2.05, 4.69) is 4.98 Å². The van der Waals surface area contributed by atoms with E-state index in [1.807, 2.05) is 6.92 Å². The van der Waals surface area contributed by atoms with Crippen molar-refractivity contribution in [1.82, 2.24) is 9.88 Å². The first kappa shape index (κ1) is 9.93. The third kappa shape index (κ3) is 1.91. The first-order valence-electron chi connectivity index (χ1n) is 4.52. The fourth-order valence-electron chi connectivity index (χ4n) is 1.53. The molecule has 0 aromatic carbocycles. The van der Waals surface area contributed by atoms with Crippen molar-refractivity contribution in [2.45, 2.75) is 18.7 Å². The Morgan fingerprint density at radius 3 is 3.07 bits per heavy atom. The van der Waals surface area contributed by atoms with E-state index in [4.69, 9.17) is 11.6 Å². The normalized spacial score (nSPS) is 21.6. The molecular formula is C9H11ClN2OS. The van der Waals surface area contributed by atoms with E-state index in [-0.39, 0.29) is 11.3 Å². The van der Waals surface area contributed by atoms with E-state index in [9.17, 15) is 4.79 Å². The summed E-state index contributed by atoms with van der Waals surface area (Å²) in [6, 6.07) is 0. The van der Waals surface area contributed by atoms with Crippen molar-refractivity contribution in [3.05, 3.63) is 16.1 Å². The van der Waals surface area contributed by atoms with Crippen molar-refractivity contribution in [3.63, 3.8) is 0 Å². The average Bonchev–Trinajstić information content (AvgIpc) is 2.73. The number of nitrogens with zero attached hydrogens (tertiary/aromatic N) is 2. The average molecular weight is 231 g/mol. The molecule has 1 atom stereocenters. The van der Waals surface area contributed by atoms with Crippen LogP contribution in [0, 0.1) is 6.92 Å². The van der Waals surface area contributed by atoms with Gasteiger partial charge in [-0.05, 0) is 13.3 Å². The fourth-order valence-corrected chi connectivity index (χ4v) is 2.38. The van der Waals surface area contributed by atoms with Gasteiger partial charge in [0.25, 0.3) is 5.91 Å². The van der Waals surface area contributed by atoms with E-state index < -0.39 is 0 Å². The largest absolute Gasteiger partial charge is 0.336 e. The van der Waals surface area contributed by atoms with Gasteiger partial charge in [0.2, 0.25) is 0 Å². The second kappa shape index (κ2) is 3.87. The van der Waals surface area contributed by atoms with Crippen LogP contribution in [0.1, 0.15) is 21.9 Å². The number of likely N-dealkylation sites (tertiary alicyclic amines) is 1. The summed E-state index contributed by atoms with van der Waals surface area (Å²) in [6.45, 7) is 3.30. The van der Waals surface area contributed by atoms with Gasteiger partial charge in [-0.25, -0.2) is 4.98 Å². The van der Waals surface area contributed by atoms with Gasteiger partial charge in [-0.1, -0.05) is 0 Å². The molecule has 0 N–H and O–H groups in total. The standard InChI is InChI=1S/C9H11ClN2OS/c1-6-11-8(5-14-6)9(13)12-3-2-7(10)4-12/h5,7H,2-4H2,1H3. The Morgan fingerprint density at radius 2 is 2.57 bits per heavy atom. The zero-order valence-corrected chi connectivity index (χ0v) is 9.44. The molecule has 1 saturated heterocycles. The maximum absolute atomic E-state index is 11.8. The van der Waals surface area contributed by atoms with Crippen molar-refractivity contribution in [3.8, 4) is 0 Å². The van der Waals surface area contributed by atoms with Crippen LogP contribution in [0.3, 0.4) is 0 Å². The lowest BCUT2D eigenvalue weighted by molar-refractivity contribution is 0.0788. The van der Waals surface area contributed by atoms with E-state index in [1.165, 1.54) is 11.3 Å². The molecule has 1 aromatic rings. The highest BCUT2D eigenvalue weighted by Gasteiger charge is 2.26. The van der Waals surface area contributed by atoms with Gasteiger partial charge in [0, 0.05) is 18.5 Å². The summed E-state index contributed by atoms with van der Waals surface area (Å²) in [4.78, 5) is 17.8. The molecule has 5 heteroatoms. The van der Waals surface area contributed by atoms with Gasteiger partial charge in [-0.2, -0.15) is 0 Å². The third-order valence-corrected chi connectivity index (χ3v) is 3.39. The smallest absolute Gasteiger partial charge is 0.273 e. The maximum atomic E-state index is 11.8. The first-order chi connectivity index (χ1) is 6.66. The van der Waals surface area contributed by atoms with E-state index in [0.717, 1.165) is 18.0 Å². The highest BCUT2D eigenvalue weighted by atomic mass is 35.5. The number of rotatable bonds is 1. The summed E-state index contributed by atoms with van der Waals surface area (Å²) in [5.74, 6) is 0.0116. The fraction of sp³-hybridized carbons (Fsp3) is 0.556. The molecule has 1 aromatic heterocycles. The lowest BCUT2D eigenvalue weighted by atomic mass is 10.4. The summed E-state index contributed by atoms with van der Waals surface area (Å²) in [6.07, 6.45) is 0.885. The summed E-state index contributed by atoms with van der Waals surface area (Å²) < 4.78 is 0. The second-order valence-corrected chi connectivity index (χ2v) is 5.07. The quantitative estimate of drug-likeness (QED) is 0.691. The van der Waals surface area contributed by atoms with Crippen LogP contribution in [-0.2, 0) is 0 Å². The highest BCUT2D eigenvalue weighted by Crippen LogP contribution is 2.18. The van der Waals surface area contributed by atoms with Crippen LogP contribution in [0.2, 0.25) is 0 Å². The number of amides is 1. The minimum absolute atomic E-state index is 0.0116. The molecular weight excluding hydrogens is 220 g/mol. The Labute approximate surface area is 91.7 Å². The maximum Gasteiger partial charge on any atom is 0.273 e. The topological polar surface area (TPSA) is 33.2 Å². The molecule has 0 radical (unpaired) electrons. The Kier molecular flexibility index (Phi) is 2.74. The first-order valence-corrected chi connectivity index (χ1v) is 5.84. The number of carbonyl (C=O) groups excluding carboxylic acids is 1. The SMILES string of the molecule is Cc1nc(C(=O)N2CCC(Cl)C2)cs1. The Balaban J connectivity index is 2.09. The molecule has 1 aliphatic heterocycles. The van der Waals surface area contributed by atoms with Gasteiger partial charge in [0.1, 0.15) is 5.69 Å². The number of hydrogen-bond acceptors (Lipinski definition) is 3. The Hall–Kier alpha value is -0.610. The van der Waals surface area contributed by atoms with Crippen LogP contribution in [0.15, 0.2) is 5.38 Å². The van der Waals surface area contributed by atoms with Crippen molar-refractivity contribution < 1.29 is 4.79 Å². The van der Waals surface area contributed by atoms with Crippen LogP contribution in [0.5, 0.6) is 0 Å². The minimum Gasteiger partial charge on any atom is -0.336 e. The van der Waals surface area contributed by atoms with Crippen molar-refractivity contribution >= 4 is 28.8 Å².